The minimum atomic E-state index is -0.0524. The van der Waals surface area contributed by atoms with Crippen molar-refractivity contribution in [3.63, 3.8) is 0 Å². The van der Waals surface area contributed by atoms with Gasteiger partial charge < -0.3 is 10.4 Å². The molecule has 3 heteroatoms. The van der Waals surface area contributed by atoms with Gasteiger partial charge >= 0.3 is 0 Å². The van der Waals surface area contributed by atoms with Gasteiger partial charge in [0.1, 0.15) is 0 Å². The smallest absolute Gasteiger partial charge is 0.0679 e. The summed E-state index contributed by atoms with van der Waals surface area (Å²) in [7, 11) is 0. The van der Waals surface area contributed by atoms with Crippen LogP contribution in [0.1, 0.15) is 19.3 Å². The van der Waals surface area contributed by atoms with Crippen LogP contribution in [0.3, 0.4) is 0 Å². The Bertz CT molecular complexity index is 221. The first-order valence-corrected chi connectivity index (χ1v) is 5.97. The molecule has 0 bridgehead atoms. The average molecular weight is 196 g/mol. The molecule has 0 aromatic heterocycles. The second-order valence-corrected chi connectivity index (χ2v) is 5.16. The number of fused-ring (bicyclic) bond motifs is 1. The molecule has 0 spiro atoms. The number of aliphatic hydroxyl groups excluding tert-OH is 1. The fraction of sp³-hybridized carbons (Fsp3) is 1.00. The Labute approximate surface area is 85.5 Å². The van der Waals surface area contributed by atoms with Gasteiger partial charge in [0, 0.05) is 19.1 Å². The number of hydrogen-bond donors (Lipinski definition) is 2. The Hall–Kier alpha value is -0.120. The summed E-state index contributed by atoms with van der Waals surface area (Å²) in [4.78, 5) is 2.53. The lowest BCUT2D eigenvalue weighted by atomic mass is 9.97. The molecule has 1 saturated carbocycles. The van der Waals surface area contributed by atoms with Crippen molar-refractivity contribution in [3.05, 3.63) is 0 Å². The van der Waals surface area contributed by atoms with Crippen LogP contribution >= 0.6 is 0 Å². The Morgan fingerprint density at radius 1 is 1.14 bits per heavy atom. The first-order valence-electron chi connectivity index (χ1n) is 5.97. The molecule has 0 amide bonds. The lowest BCUT2D eigenvalue weighted by Gasteiger charge is -2.28. The third kappa shape index (κ3) is 1.38. The van der Waals surface area contributed by atoms with Crippen LogP contribution in [-0.2, 0) is 0 Å². The van der Waals surface area contributed by atoms with E-state index in [-0.39, 0.29) is 6.10 Å². The maximum absolute atomic E-state index is 9.54. The van der Waals surface area contributed by atoms with Crippen molar-refractivity contribution < 1.29 is 5.11 Å². The lowest BCUT2D eigenvalue weighted by molar-refractivity contribution is 0.143. The number of rotatable bonds is 1. The largest absolute Gasteiger partial charge is 0.392 e. The normalized spacial score (nSPS) is 48.6. The summed E-state index contributed by atoms with van der Waals surface area (Å²) in [5.74, 6) is 1.80. The number of nitrogens with one attached hydrogen (secondary N) is 1. The van der Waals surface area contributed by atoms with Crippen LogP contribution in [0.2, 0.25) is 0 Å². The van der Waals surface area contributed by atoms with Gasteiger partial charge in [-0.3, -0.25) is 4.90 Å². The van der Waals surface area contributed by atoms with Crippen LogP contribution in [0.15, 0.2) is 0 Å². The number of nitrogens with zero attached hydrogens (tertiary/aromatic N) is 1. The topological polar surface area (TPSA) is 35.5 Å². The Morgan fingerprint density at radius 2 is 2.07 bits per heavy atom. The summed E-state index contributed by atoms with van der Waals surface area (Å²) < 4.78 is 0. The molecule has 3 aliphatic rings. The predicted molar refractivity (Wildman–Crippen MR) is 55.1 cm³/mol. The van der Waals surface area contributed by atoms with E-state index in [0.29, 0.717) is 0 Å². The molecule has 3 nitrogen and oxygen atoms in total. The van der Waals surface area contributed by atoms with Crippen LogP contribution in [0.5, 0.6) is 0 Å². The van der Waals surface area contributed by atoms with Gasteiger partial charge in [-0.25, -0.2) is 0 Å². The Morgan fingerprint density at radius 3 is 2.86 bits per heavy atom. The van der Waals surface area contributed by atoms with Crippen molar-refractivity contribution in [2.75, 3.05) is 26.2 Å². The van der Waals surface area contributed by atoms with Crippen LogP contribution < -0.4 is 5.32 Å². The van der Waals surface area contributed by atoms with Gasteiger partial charge in [0.25, 0.3) is 0 Å². The zero-order chi connectivity index (χ0) is 9.54. The summed E-state index contributed by atoms with van der Waals surface area (Å²) in [5, 5.41) is 13.0. The Kier molecular flexibility index (Phi) is 2.26. The SMILES string of the molecule is O[C@@H]1CCN([C@@H]2CC[C@H]3CNC[C@H]32)C1. The summed E-state index contributed by atoms with van der Waals surface area (Å²) in [6.07, 6.45) is 3.70. The molecule has 2 heterocycles. The fourth-order valence-corrected chi connectivity index (χ4v) is 3.64. The average Bonchev–Trinajstić information content (AvgIpc) is 2.77. The van der Waals surface area contributed by atoms with E-state index in [1.165, 1.54) is 25.9 Å². The number of likely N-dealkylation sites (tertiary alicyclic amines) is 1. The second kappa shape index (κ2) is 3.47. The molecule has 1 aliphatic carbocycles. The third-order valence-corrected chi connectivity index (χ3v) is 4.38. The zero-order valence-corrected chi connectivity index (χ0v) is 8.65. The monoisotopic (exact) mass is 196 g/mol. The van der Waals surface area contributed by atoms with Gasteiger partial charge in [-0.1, -0.05) is 0 Å². The van der Waals surface area contributed by atoms with Crippen LogP contribution in [-0.4, -0.2) is 48.3 Å². The summed E-state index contributed by atoms with van der Waals surface area (Å²) in [6, 6.07) is 0.771. The van der Waals surface area contributed by atoms with Gasteiger partial charge in [-0.05, 0) is 44.2 Å². The molecular formula is C11H20N2O. The van der Waals surface area contributed by atoms with Crippen molar-refractivity contribution in [3.8, 4) is 0 Å². The highest BCUT2D eigenvalue weighted by molar-refractivity contribution is 4.98. The van der Waals surface area contributed by atoms with Crippen LogP contribution in [0.25, 0.3) is 0 Å². The van der Waals surface area contributed by atoms with E-state index in [1.54, 1.807) is 0 Å². The van der Waals surface area contributed by atoms with Gasteiger partial charge in [-0.15, -0.1) is 0 Å². The van der Waals surface area contributed by atoms with E-state index in [2.05, 4.69) is 10.2 Å². The molecule has 2 aliphatic heterocycles. The first-order chi connectivity index (χ1) is 6.84. The van der Waals surface area contributed by atoms with Crippen LogP contribution in [0.4, 0.5) is 0 Å². The molecule has 2 N–H and O–H groups in total. The number of aliphatic hydroxyl groups is 1. The van der Waals surface area contributed by atoms with Crippen molar-refractivity contribution in [2.24, 2.45) is 11.8 Å². The molecular weight excluding hydrogens is 176 g/mol. The molecule has 0 unspecified atom stereocenters. The highest BCUT2D eigenvalue weighted by Crippen LogP contribution is 2.38. The molecule has 0 aromatic carbocycles. The van der Waals surface area contributed by atoms with E-state index in [9.17, 15) is 5.11 Å². The summed E-state index contributed by atoms with van der Waals surface area (Å²) in [6.45, 7) is 4.49. The van der Waals surface area contributed by atoms with Gasteiger partial charge in [0.15, 0.2) is 0 Å². The van der Waals surface area contributed by atoms with E-state index >= 15 is 0 Å². The molecule has 80 valence electrons. The number of hydrogen-bond acceptors (Lipinski definition) is 3. The predicted octanol–water partition coefficient (Wildman–Crippen LogP) is 0.0510. The molecule has 0 aromatic rings. The molecule has 3 rings (SSSR count). The summed E-state index contributed by atoms with van der Waals surface area (Å²) in [5.41, 5.74) is 0. The van der Waals surface area contributed by atoms with Crippen molar-refractivity contribution in [1.82, 2.24) is 10.2 Å². The zero-order valence-electron chi connectivity index (χ0n) is 8.65. The molecule has 0 radical (unpaired) electrons. The minimum absolute atomic E-state index is 0.0524. The molecule has 3 fully saturated rings. The molecule has 2 saturated heterocycles. The van der Waals surface area contributed by atoms with Crippen LogP contribution in [0, 0.1) is 11.8 Å². The summed E-state index contributed by atoms with van der Waals surface area (Å²) >= 11 is 0. The third-order valence-electron chi connectivity index (χ3n) is 4.38. The maximum atomic E-state index is 9.54. The quantitative estimate of drug-likeness (QED) is 0.622. The first kappa shape index (κ1) is 9.13. The highest BCUT2D eigenvalue weighted by atomic mass is 16.3. The van der Waals surface area contributed by atoms with Crippen molar-refractivity contribution in [1.29, 1.82) is 0 Å². The van der Waals surface area contributed by atoms with Gasteiger partial charge in [0.2, 0.25) is 0 Å². The Balaban J connectivity index is 1.67. The van der Waals surface area contributed by atoms with E-state index < -0.39 is 0 Å². The van der Waals surface area contributed by atoms with E-state index in [1.807, 2.05) is 0 Å². The highest BCUT2D eigenvalue weighted by Gasteiger charge is 2.43. The second-order valence-electron chi connectivity index (χ2n) is 5.16. The lowest BCUT2D eigenvalue weighted by Crippen LogP contribution is -2.38. The van der Waals surface area contributed by atoms with Gasteiger partial charge in [0.05, 0.1) is 6.10 Å². The van der Waals surface area contributed by atoms with Crippen molar-refractivity contribution >= 4 is 0 Å². The molecule has 14 heavy (non-hydrogen) atoms. The van der Waals surface area contributed by atoms with E-state index in [4.69, 9.17) is 0 Å². The maximum Gasteiger partial charge on any atom is 0.0679 e. The fourth-order valence-electron chi connectivity index (χ4n) is 3.64. The van der Waals surface area contributed by atoms with E-state index in [0.717, 1.165) is 37.4 Å². The van der Waals surface area contributed by atoms with Crippen molar-refractivity contribution in [2.45, 2.75) is 31.4 Å². The standard InChI is InChI=1S/C11H20N2O/c14-9-3-4-13(7-9)11-2-1-8-5-12-6-10(8)11/h8-12,14H,1-7H2/t8-,9+,10+,11+/m0/s1. The van der Waals surface area contributed by atoms with Gasteiger partial charge in [-0.2, -0.15) is 0 Å². The molecule has 4 atom stereocenters. The number of β-amino-alcohol motifs (C(OH)–C–C–N with tert-alkyl or cyclic N) is 1. The minimum Gasteiger partial charge on any atom is -0.392 e.